The molecule has 6 heteroatoms. The number of hydrogen-bond donors (Lipinski definition) is 1. The van der Waals surface area contributed by atoms with Crippen molar-refractivity contribution in [3.8, 4) is 11.1 Å². The summed E-state index contributed by atoms with van der Waals surface area (Å²) in [4.78, 5) is 15.5. The van der Waals surface area contributed by atoms with Crippen LogP contribution in [0, 0.1) is 0 Å². The van der Waals surface area contributed by atoms with Gasteiger partial charge in [0.25, 0.3) is 5.91 Å². The Kier molecular flexibility index (Phi) is 16.3. The Hall–Kier alpha value is -2.21. The van der Waals surface area contributed by atoms with E-state index in [-0.39, 0.29) is 5.69 Å². The Balaban J connectivity index is 0. The number of nitrogens with two attached hydrogens (primary N) is 1. The standard InChI is InChI=1S/C14H18N4O2.3C2H6/c1-3-12-6-10(7-13(17-12)14(15)19)11-8-16-18(9-11)4-5-20-2;3*1-2/h6-9H,3-5H2,1-2H3,(H2,15,19);3*1-2H3. The molecule has 6 nitrogen and oxygen atoms in total. The Bertz CT molecular complexity index is 610. The van der Waals surface area contributed by atoms with Gasteiger partial charge in [-0.15, -0.1) is 0 Å². The molecule has 0 aliphatic heterocycles. The van der Waals surface area contributed by atoms with Crippen molar-refractivity contribution < 1.29 is 9.53 Å². The summed E-state index contributed by atoms with van der Waals surface area (Å²) < 4.78 is 6.82. The molecule has 148 valence electrons. The van der Waals surface area contributed by atoms with Crippen molar-refractivity contribution in [2.45, 2.75) is 61.4 Å². The van der Waals surface area contributed by atoms with Crippen LogP contribution < -0.4 is 5.73 Å². The highest BCUT2D eigenvalue weighted by atomic mass is 16.5. The molecule has 2 aromatic rings. The lowest BCUT2D eigenvalue weighted by atomic mass is 10.1. The molecule has 2 heterocycles. The zero-order valence-electron chi connectivity index (χ0n) is 17.7. The molecule has 2 N–H and O–H groups in total. The maximum absolute atomic E-state index is 11.3. The summed E-state index contributed by atoms with van der Waals surface area (Å²) in [5.74, 6) is -0.520. The molecular formula is C20H36N4O2. The Morgan fingerprint density at radius 2 is 1.73 bits per heavy atom. The smallest absolute Gasteiger partial charge is 0.267 e. The van der Waals surface area contributed by atoms with Gasteiger partial charge in [-0.2, -0.15) is 5.10 Å². The van der Waals surface area contributed by atoms with Crippen LogP contribution in [0.5, 0.6) is 0 Å². The fraction of sp³-hybridized carbons (Fsp3) is 0.550. The van der Waals surface area contributed by atoms with Crippen LogP contribution in [0.2, 0.25) is 0 Å². The molecule has 2 rings (SSSR count). The number of hydrogen-bond acceptors (Lipinski definition) is 4. The second-order valence-corrected chi connectivity index (χ2v) is 4.44. The number of ether oxygens (including phenoxy) is 1. The molecule has 0 atom stereocenters. The highest BCUT2D eigenvalue weighted by Gasteiger charge is 2.09. The van der Waals surface area contributed by atoms with Gasteiger partial charge >= 0.3 is 0 Å². The molecule has 0 unspecified atom stereocenters. The summed E-state index contributed by atoms with van der Waals surface area (Å²) in [6, 6.07) is 3.64. The minimum atomic E-state index is -0.520. The van der Waals surface area contributed by atoms with Crippen molar-refractivity contribution in [1.82, 2.24) is 14.8 Å². The zero-order valence-corrected chi connectivity index (χ0v) is 17.7. The predicted molar refractivity (Wildman–Crippen MR) is 109 cm³/mol. The van der Waals surface area contributed by atoms with Crippen molar-refractivity contribution in [3.05, 3.63) is 35.9 Å². The minimum Gasteiger partial charge on any atom is -0.383 e. The third-order valence-corrected chi connectivity index (χ3v) is 2.98. The average Bonchev–Trinajstić information content (AvgIpc) is 3.19. The van der Waals surface area contributed by atoms with E-state index in [0.717, 1.165) is 23.2 Å². The lowest BCUT2D eigenvalue weighted by Gasteiger charge is -2.04. The number of methoxy groups -OCH3 is 1. The van der Waals surface area contributed by atoms with Crippen molar-refractivity contribution in [3.63, 3.8) is 0 Å². The normalized spacial score (nSPS) is 8.92. The van der Waals surface area contributed by atoms with E-state index in [1.807, 2.05) is 60.7 Å². The monoisotopic (exact) mass is 364 g/mol. The van der Waals surface area contributed by atoms with Crippen LogP contribution in [-0.2, 0) is 17.7 Å². The molecular weight excluding hydrogens is 328 g/mol. The summed E-state index contributed by atoms with van der Waals surface area (Å²) in [5, 5.41) is 4.26. The van der Waals surface area contributed by atoms with Crippen molar-refractivity contribution in [2.24, 2.45) is 5.73 Å². The van der Waals surface area contributed by atoms with Gasteiger partial charge in [-0.1, -0.05) is 48.5 Å². The first-order valence-corrected chi connectivity index (χ1v) is 9.46. The largest absolute Gasteiger partial charge is 0.383 e. The van der Waals surface area contributed by atoms with Crippen LogP contribution in [0.1, 0.15) is 64.6 Å². The summed E-state index contributed by atoms with van der Waals surface area (Å²) >= 11 is 0. The SMILES string of the molecule is CC.CC.CC.CCc1cc(-c2cnn(CCOC)c2)cc(C(N)=O)n1. The fourth-order valence-corrected chi connectivity index (χ4v) is 1.88. The first-order chi connectivity index (χ1) is 12.6. The van der Waals surface area contributed by atoms with E-state index in [9.17, 15) is 4.79 Å². The Morgan fingerprint density at radius 1 is 1.12 bits per heavy atom. The van der Waals surface area contributed by atoms with Gasteiger partial charge in [0.05, 0.1) is 19.3 Å². The second-order valence-electron chi connectivity index (χ2n) is 4.44. The highest BCUT2D eigenvalue weighted by molar-refractivity contribution is 5.92. The lowest BCUT2D eigenvalue weighted by molar-refractivity contribution is 0.0995. The van der Waals surface area contributed by atoms with Crippen LogP contribution in [-0.4, -0.2) is 34.4 Å². The van der Waals surface area contributed by atoms with E-state index in [2.05, 4.69) is 10.1 Å². The maximum Gasteiger partial charge on any atom is 0.267 e. The number of nitrogens with zero attached hydrogens (tertiary/aromatic N) is 3. The summed E-state index contributed by atoms with van der Waals surface area (Å²) in [5.41, 5.74) is 8.26. The minimum absolute atomic E-state index is 0.281. The van der Waals surface area contributed by atoms with E-state index in [0.29, 0.717) is 13.2 Å². The number of aromatic nitrogens is 3. The third-order valence-electron chi connectivity index (χ3n) is 2.98. The molecule has 0 fully saturated rings. The first kappa shape index (κ1) is 26.0. The van der Waals surface area contributed by atoms with Gasteiger partial charge in [0.15, 0.2) is 0 Å². The Labute approximate surface area is 158 Å². The molecule has 2 aromatic heterocycles. The fourth-order valence-electron chi connectivity index (χ4n) is 1.88. The van der Waals surface area contributed by atoms with Gasteiger partial charge in [-0.05, 0) is 24.1 Å². The molecule has 26 heavy (non-hydrogen) atoms. The van der Waals surface area contributed by atoms with Gasteiger partial charge < -0.3 is 10.5 Å². The third kappa shape index (κ3) is 8.76. The van der Waals surface area contributed by atoms with E-state index < -0.39 is 5.91 Å². The number of primary amides is 1. The number of rotatable bonds is 6. The summed E-state index contributed by atoms with van der Waals surface area (Å²) in [6.07, 6.45) is 4.42. The maximum atomic E-state index is 11.3. The predicted octanol–water partition coefficient (Wildman–Crippen LogP) is 4.33. The van der Waals surface area contributed by atoms with Gasteiger partial charge in [-0.3, -0.25) is 9.48 Å². The molecule has 0 aliphatic rings. The topological polar surface area (TPSA) is 83.0 Å². The Morgan fingerprint density at radius 3 is 2.23 bits per heavy atom. The van der Waals surface area contributed by atoms with Gasteiger partial charge in [-0.25, -0.2) is 4.98 Å². The van der Waals surface area contributed by atoms with E-state index in [1.165, 1.54) is 0 Å². The molecule has 0 aliphatic carbocycles. The van der Waals surface area contributed by atoms with E-state index in [1.54, 1.807) is 24.1 Å². The number of carbonyl (C=O) groups excluding carboxylic acids is 1. The van der Waals surface area contributed by atoms with E-state index >= 15 is 0 Å². The number of carbonyl (C=O) groups is 1. The van der Waals surface area contributed by atoms with Crippen LogP contribution >= 0.6 is 0 Å². The van der Waals surface area contributed by atoms with Crippen molar-refractivity contribution >= 4 is 5.91 Å². The van der Waals surface area contributed by atoms with Crippen LogP contribution in [0.25, 0.3) is 11.1 Å². The van der Waals surface area contributed by atoms with Crippen LogP contribution in [0.15, 0.2) is 24.5 Å². The van der Waals surface area contributed by atoms with Crippen LogP contribution in [0.4, 0.5) is 0 Å². The average molecular weight is 365 g/mol. The molecule has 0 saturated carbocycles. The molecule has 0 bridgehead atoms. The number of amides is 1. The highest BCUT2D eigenvalue weighted by Crippen LogP contribution is 2.20. The van der Waals surface area contributed by atoms with E-state index in [4.69, 9.17) is 10.5 Å². The molecule has 0 saturated heterocycles. The van der Waals surface area contributed by atoms with Gasteiger partial charge in [0, 0.05) is 24.6 Å². The first-order valence-electron chi connectivity index (χ1n) is 9.46. The zero-order chi connectivity index (χ0) is 20.5. The van der Waals surface area contributed by atoms with Gasteiger partial charge in [0.2, 0.25) is 0 Å². The summed E-state index contributed by atoms with van der Waals surface area (Å²) in [6.45, 7) is 15.3. The van der Waals surface area contributed by atoms with Gasteiger partial charge in [0.1, 0.15) is 5.69 Å². The van der Waals surface area contributed by atoms with Crippen molar-refractivity contribution in [2.75, 3.05) is 13.7 Å². The lowest BCUT2D eigenvalue weighted by Crippen LogP contribution is -2.14. The molecule has 0 aromatic carbocycles. The number of pyridine rings is 1. The quantitative estimate of drug-likeness (QED) is 0.827. The molecule has 0 spiro atoms. The van der Waals surface area contributed by atoms with Crippen LogP contribution in [0.3, 0.4) is 0 Å². The second kappa shape index (κ2) is 16.3. The number of aryl methyl sites for hydroxylation is 1. The summed E-state index contributed by atoms with van der Waals surface area (Å²) in [7, 11) is 1.65. The van der Waals surface area contributed by atoms with Crippen molar-refractivity contribution in [1.29, 1.82) is 0 Å². The molecule has 0 radical (unpaired) electrons. The molecule has 1 amide bonds.